The Labute approximate surface area is 102 Å². The Kier molecular flexibility index (Phi) is 2.36. The number of nitrogens with one attached hydrogen (secondary N) is 1. The van der Waals surface area contributed by atoms with E-state index in [1.165, 1.54) is 6.92 Å². The molecule has 4 nitrogen and oxygen atoms in total. The van der Waals surface area contributed by atoms with Crippen molar-refractivity contribution in [3.05, 3.63) is 0 Å². The molecule has 1 amide bonds. The van der Waals surface area contributed by atoms with Gasteiger partial charge in [0.25, 0.3) is 0 Å². The predicted octanol–water partition coefficient (Wildman–Crippen LogP) is 1.79. The largest absolute Gasteiger partial charge is 0.479 e. The molecule has 2 fully saturated rings. The third kappa shape index (κ3) is 1.24. The highest BCUT2D eigenvalue weighted by molar-refractivity contribution is 5.88. The number of aliphatic carboxylic acids is 1. The van der Waals surface area contributed by atoms with E-state index in [0.29, 0.717) is 12.3 Å². The summed E-state index contributed by atoms with van der Waals surface area (Å²) in [6.07, 6.45) is 2.50. The number of hydrogen-bond acceptors (Lipinski definition) is 2. The Bertz CT molecular complexity index is 390. The van der Waals surface area contributed by atoms with Crippen molar-refractivity contribution in [1.82, 2.24) is 5.32 Å². The fourth-order valence-corrected chi connectivity index (χ4v) is 4.18. The van der Waals surface area contributed by atoms with E-state index < -0.39 is 11.5 Å². The lowest BCUT2D eigenvalue weighted by Crippen LogP contribution is -2.63. The lowest BCUT2D eigenvalue weighted by Gasteiger charge is -2.46. The molecule has 3 atom stereocenters. The molecule has 0 spiro atoms. The van der Waals surface area contributed by atoms with Crippen LogP contribution in [0.3, 0.4) is 0 Å². The zero-order valence-corrected chi connectivity index (χ0v) is 11.0. The van der Waals surface area contributed by atoms with Gasteiger partial charge in [0.15, 0.2) is 0 Å². The minimum Gasteiger partial charge on any atom is -0.479 e. The molecule has 4 heteroatoms. The first-order valence-corrected chi connectivity index (χ1v) is 6.19. The van der Waals surface area contributed by atoms with E-state index in [9.17, 15) is 14.7 Å². The van der Waals surface area contributed by atoms with Crippen LogP contribution in [0.25, 0.3) is 0 Å². The molecule has 17 heavy (non-hydrogen) atoms. The molecular formula is C13H21NO3. The number of rotatable bonds is 2. The molecule has 2 N–H and O–H groups in total. The summed E-state index contributed by atoms with van der Waals surface area (Å²) in [5.74, 6) is -0.752. The highest BCUT2D eigenvalue weighted by Crippen LogP contribution is 2.69. The maximum Gasteiger partial charge on any atom is 0.330 e. The van der Waals surface area contributed by atoms with E-state index in [1.54, 1.807) is 0 Å². The van der Waals surface area contributed by atoms with Gasteiger partial charge in [-0.05, 0) is 30.6 Å². The van der Waals surface area contributed by atoms with Gasteiger partial charge in [0, 0.05) is 12.3 Å². The van der Waals surface area contributed by atoms with E-state index in [2.05, 4.69) is 19.2 Å². The summed E-state index contributed by atoms with van der Waals surface area (Å²) in [5.41, 5.74) is -1.47. The van der Waals surface area contributed by atoms with Crippen molar-refractivity contribution in [2.24, 2.45) is 16.7 Å². The number of hydrogen-bond donors (Lipinski definition) is 2. The highest BCUT2D eigenvalue weighted by Gasteiger charge is 2.72. The Morgan fingerprint density at radius 1 is 1.29 bits per heavy atom. The lowest BCUT2D eigenvalue weighted by molar-refractivity contribution is -0.155. The summed E-state index contributed by atoms with van der Waals surface area (Å²) in [4.78, 5) is 23.1. The second-order valence-electron chi connectivity index (χ2n) is 6.39. The van der Waals surface area contributed by atoms with Crippen molar-refractivity contribution in [1.29, 1.82) is 0 Å². The monoisotopic (exact) mass is 239 g/mol. The van der Waals surface area contributed by atoms with Gasteiger partial charge in [-0.3, -0.25) is 4.79 Å². The van der Waals surface area contributed by atoms with Crippen molar-refractivity contribution < 1.29 is 14.7 Å². The Balaban J connectivity index is 2.51. The Morgan fingerprint density at radius 3 is 2.18 bits per heavy atom. The topological polar surface area (TPSA) is 66.4 Å². The number of amides is 1. The fraction of sp³-hybridized carbons (Fsp3) is 0.846. The zero-order chi connectivity index (χ0) is 13.1. The molecule has 96 valence electrons. The summed E-state index contributed by atoms with van der Waals surface area (Å²) in [6, 6.07) is 0. The van der Waals surface area contributed by atoms with E-state index in [1.807, 2.05) is 6.92 Å². The van der Waals surface area contributed by atoms with Crippen LogP contribution in [0.2, 0.25) is 0 Å². The number of carbonyl (C=O) groups excluding carboxylic acids is 1. The number of fused-ring (bicyclic) bond motifs is 2. The Hall–Kier alpha value is -1.06. The van der Waals surface area contributed by atoms with Gasteiger partial charge in [0.2, 0.25) is 5.91 Å². The molecule has 3 unspecified atom stereocenters. The van der Waals surface area contributed by atoms with Gasteiger partial charge in [-0.25, -0.2) is 4.79 Å². The van der Waals surface area contributed by atoms with Crippen molar-refractivity contribution in [2.45, 2.75) is 52.5 Å². The molecule has 2 rings (SSSR count). The van der Waals surface area contributed by atoms with Crippen LogP contribution in [0, 0.1) is 16.7 Å². The first-order chi connectivity index (χ1) is 7.67. The van der Waals surface area contributed by atoms with Crippen molar-refractivity contribution in [3.8, 4) is 0 Å². The zero-order valence-electron chi connectivity index (χ0n) is 11.0. The maximum absolute atomic E-state index is 11.7. The van der Waals surface area contributed by atoms with E-state index >= 15 is 0 Å². The third-order valence-corrected chi connectivity index (χ3v) is 5.68. The quantitative estimate of drug-likeness (QED) is 0.772. The highest BCUT2D eigenvalue weighted by atomic mass is 16.4. The van der Waals surface area contributed by atoms with Crippen LogP contribution in [0.1, 0.15) is 47.0 Å². The van der Waals surface area contributed by atoms with E-state index in [0.717, 1.165) is 12.8 Å². The third-order valence-electron chi connectivity index (χ3n) is 5.68. The summed E-state index contributed by atoms with van der Waals surface area (Å²) >= 11 is 0. The van der Waals surface area contributed by atoms with Crippen LogP contribution >= 0.6 is 0 Å². The van der Waals surface area contributed by atoms with Crippen LogP contribution in [0.5, 0.6) is 0 Å². The smallest absolute Gasteiger partial charge is 0.330 e. The molecule has 0 heterocycles. The molecule has 0 aromatic heterocycles. The second kappa shape index (κ2) is 3.24. The normalized spacial score (nSPS) is 42.5. The first kappa shape index (κ1) is 12.4. The molecule has 2 bridgehead atoms. The average Bonchev–Trinajstić information content (AvgIpc) is 2.48. The lowest BCUT2D eigenvalue weighted by atomic mass is 9.62. The molecule has 0 aliphatic heterocycles. The van der Waals surface area contributed by atoms with Gasteiger partial charge >= 0.3 is 5.97 Å². The maximum atomic E-state index is 11.7. The van der Waals surface area contributed by atoms with Gasteiger partial charge in [-0.2, -0.15) is 0 Å². The minimum atomic E-state index is -1.08. The molecule has 2 aliphatic rings. The molecule has 0 aromatic rings. The summed E-state index contributed by atoms with van der Waals surface area (Å²) in [5, 5.41) is 12.4. The van der Waals surface area contributed by atoms with Gasteiger partial charge in [-0.1, -0.05) is 20.8 Å². The van der Waals surface area contributed by atoms with Gasteiger partial charge in [0.05, 0.1) is 0 Å². The molecule has 0 saturated heterocycles. The predicted molar refractivity (Wildman–Crippen MR) is 63.4 cm³/mol. The van der Waals surface area contributed by atoms with E-state index in [4.69, 9.17) is 0 Å². The summed E-state index contributed by atoms with van der Waals surface area (Å²) in [7, 11) is 0. The van der Waals surface area contributed by atoms with Crippen LogP contribution < -0.4 is 5.32 Å². The fourth-order valence-electron chi connectivity index (χ4n) is 4.18. The average molecular weight is 239 g/mol. The van der Waals surface area contributed by atoms with Gasteiger partial charge < -0.3 is 10.4 Å². The molecule has 2 saturated carbocycles. The molecular weight excluding hydrogens is 218 g/mol. The minimum absolute atomic E-state index is 0.0339. The number of carboxylic acids is 1. The summed E-state index contributed by atoms with van der Waals surface area (Å²) < 4.78 is 0. The number of carboxylic acid groups (broad SMARTS) is 1. The van der Waals surface area contributed by atoms with E-state index in [-0.39, 0.29) is 16.7 Å². The van der Waals surface area contributed by atoms with Crippen LogP contribution in [0.15, 0.2) is 0 Å². The Morgan fingerprint density at radius 2 is 1.88 bits per heavy atom. The second-order valence-corrected chi connectivity index (χ2v) is 6.39. The van der Waals surface area contributed by atoms with Gasteiger partial charge in [0.1, 0.15) is 5.54 Å². The van der Waals surface area contributed by atoms with Crippen LogP contribution in [0.4, 0.5) is 0 Å². The van der Waals surface area contributed by atoms with Crippen molar-refractivity contribution in [3.63, 3.8) is 0 Å². The number of carbonyl (C=O) groups is 2. The standard InChI is InChI=1S/C13H21NO3/c1-8(15)14-13(10(16)17)7-9-5-6-12(13,4)11(9,2)3/h9H,5-7H2,1-4H3,(H,14,15)(H,16,17). The van der Waals surface area contributed by atoms with Crippen LogP contribution in [-0.2, 0) is 9.59 Å². The van der Waals surface area contributed by atoms with Crippen LogP contribution in [-0.4, -0.2) is 22.5 Å². The first-order valence-electron chi connectivity index (χ1n) is 6.19. The summed E-state index contributed by atoms with van der Waals surface area (Å²) in [6.45, 7) is 7.69. The molecule has 0 radical (unpaired) electrons. The van der Waals surface area contributed by atoms with Crippen molar-refractivity contribution >= 4 is 11.9 Å². The SMILES string of the molecule is CC(=O)NC1(C(=O)O)CC2CCC1(C)C2(C)C. The van der Waals surface area contributed by atoms with Crippen molar-refractivity contribution in [2.75, 3.05) is 0 Å². The molecule has 0 aromatic carbocycles. The van der Waals surface area contributed by atoms with Gasteiger partial charge in [-0.15, -0.1) is 0 Å². The molecule has 2 aliphatic carbocycles.